The van der Waals surface area contributed by atoms with E-state index in [1.807, 2.05) is 13.0 Å². The number of nitrogens with zero attached hydrogens (tertiary/aromatic N) is 3. The molecule has 82 valence electrons. The van der Waals surface area contributed by atoms with Crippen molar-refractivity contribution < 1.29 is 4.79 Å². The number of aromatic nitrogens is 3. The Morgan fingerprint density at radius 1 is 1.44 bits per heavy atom. The second kappa shape index (κ2) is 4.32. The molecule has 2 aromatic rings. The van der Waals surface area contributed by atoms with Crippen LogP contribution in [0.3, 0.4) is 0 Å². The van der Waals surface area contributed by atoms with E-state index in [-0.39, 0.29) is 5.78 Å². The fourth-order valence-corrected chi connectivity index (χ4v) is 2.11. The third kappa shape index (κ3) is 1.87. The molecule has 5 heteroatoms. The zero-order chi connectivity index (χ0) is 11.7. The Hall–Kier alpha value is -1.24. The molecule has 0 aliphatic heterocycles. The topological polar surface area (TPSA) is 47.8 Å². The van der Waals surface area contributed by atoms with Crippen LogP contribution in [-0.4, -0.2) is 20.5 Å². The van der Waals surface area contributed by atoms with E-state index < -0.39 is 0 Å². The number of carbonyl (C=O) groups excluding carboxylic acids is 1. The monoisotopic (exact) mass is 327 g/mol. The maximum absolute atomic E-state index is 11.3. The molecule has 2 rings (SSSR count). The van der Waals surface area contributed by atoms with Crippen molar-refractivity contribution in [1.82, 2.24) is 14.8 Å². The van der Waals surface area contributed by atoms with Gasteiger partial charge in [0.25, 0.3) is 0 Å². The van der Waals surface area contributed by atoms with Crippen molar-refractivity contribution in [2.24, 2.45) is 0 Å². The summed E-state index contributed by atoms with van der Waals surface area (Å²) >= 11 is 2.20. The third-order valence-corrected chi connectivity index (χ3v) is 3.20. The Morgan fingerprint density at radius 3 is 2.75 bits per heavy atom. The molecule has 4 nitrogen and oxygen atoms in total. The van der Waals surface area contributed by atoms with Crippen LogP contribution in [0.1, 0.15) is 23.0 Å². The van der Waals surface area contributed by atoms with Crippen LogP contribution in [0, 0.1) is 10.5 Å². The van der Waals surface area contributed by atoms with Gasteiger partial charge in [0.2, 0.25) is 0 Å². The molecule has 0 fully saturated rings. The maximum Gasteiger partial charge on any atom is 0.163 e. The second-order valence-corrected chi connectivity index (χ2v) is 4.60. The Morgan fingerprint density at radius 2 is 2.19 bits per heavy atom. The van der Waals surface area contributed by atoms with E-state index in [1.54, 1.807) is 30.2 Å². The zero-order valence-electron chi connectivity index (χ0n) is 8.94. The summed E-state index contributed by atoms with van der Waals surface area (Å²) in [7, 11) is 0. The van der Waals surface area contributed by atoms with Gasteiger partial charge in [-0.05, 0) is 42.5 Å². The molecule has 0 spiro atoms. The molecule has 0 amide bonds. The van der Waals surface area contributed by atoms with Gasteiger partial charge in [-0.15, -0.1) is 0 Å². The van der Waals surface area contributed by atoms with Gasteiger partial charge in [-0.3, -0.25) is 9.78 Å². The normalized spacial score (nSPS) is 10.4. The summed E-state index contributed by atoms with van der Waals surface area (Å²) in [5.74, 6) is 0.0350. The number of rotatable bonds is 2. The lowest BCUT2D eigenvalue weighted by molar-refractivity contribution is 0.101. The lowest BCUT2D eigenvalue weighted by Crippen LogP contribution is -2.03. The lowest BCUT2D eigenvalue weighted by Gasteiger charge is -2.06. The summed E-state index contributed by atoms with van der Waals surface area (Å²) in [6.07, 6.45) is 5.09. The Balaban J connectivity index is 2.58. The number of Topliss-reactive ketones (excluding diaryl/α,β-unsaturated/α-hetero) is 1. The van der Waals surface area contributed by atoms with E-state index in [2.05, 4.69) is 32.7 Å². The van der Waals surface area contributed by atoms with Gasteiger partial charge in [-0.2, -0.15) is 5.10 Å². The molecule has 2 heterocycles. The van der Waals surface area contributed by atoms with Gasteiger partial charge >= 0.3 is 0 Å². The summed E-state index contributed by atoms with van der Waals surface area (Å²) < 4.78 is 2.77. The van der Waals surface area contributed by atoms with Crippen molar-refractivity contribution >= 4 is 28.4 Å². The summed E-state index contributed by atoms with van der Waals surface area (Å²) in [5, 5.41) is 4.23. The van der Waals surface area contributed by atoms with E-state index in [1.165, 1.54) is 0 Å². The van der Waals surface area contributed by atoms with Crippen LogP contribution in [0.2, 0.25) is 0 Å². The maximum atomic E-state index is 11.3. The second-order valence-electron chi connectivity index (χ2n) is 3.44. The number of pyridine rings is 1. The predicted octanol–water partition coefficient (Wildman–Crippen LogP) is 2.38. The van der Waals surface area contributed by atoms with Crippen molar-refractivity contribution in [2.75, 3.05) is 0 Å². The highest BCUT2D eigenvalue weighted by atomic mass is 127. The Bertz CT molecular complexity index is 548. The van der Waals surface area contributed by atoms with Crippen LogP contribution in [-0.2, 0) is 0 Å². The molecule has 0 radical (unpaired) electrons. The van der Waals surface area contributed by atoms with E-state index in [0.717, 1.165) is 15.0 Å². The standard InChI is InChI=1S/C11H10IN3O/c1-7-9(8(2)16)5-14-15(7)11-3-4-13-6-10(11)12/h3-6H,1-2H3. The molecule has 0 bridgehead atoms. The molecular weight excluding hydrogens is 317 g/mol. The van der Waals surface area contributed by atoms with E-state index in [0.29, 0.717) is 5.56 Å². The molecule has 0 atom stereocenters. The average molecular weight is 327 g/mol. The molecule has 0 saturated carbocycles. The molecule has 0 unspecified atom stereocenters. The van der Waals surface area contributed by atoms with Crippen LogP contribution in [0.15, 0.2) is 24.7 Å². The van der Waals surface area contributed by atoms with Gasteiger partial charge in [0, 0.05) is 12.4 Å². The number of ketones is 1. The highest BCUT2D eigenvalue weighted by molar-refractivity contribution is 14.1. The highest BCUT2D eigenvalue weighted by Crippen LogP contribution is 2.18. The van der Waals surface area contributed by atoms with Gasteiger partial charge in [0.15, 0.2) is 5.78 Å². The van der Waals surface area contributed by atoms with Gasteiger partial charge in [0.05, 0.1) is 26.7 Å². The van der Waals surface area contributed by atoms with Crippen molar-refractivity contribution in [3.8, 4) is 5.69 Å². The van der Waals surface area contributed by atoms with Gasteiger partial charge in [-0.1, -0.05) is 0 Å². The minimum atomic E-state index is 0.0350. The van der Waals surface area contributed by atoms with Gasteiger partial charge in [0.1, 0.15) is 0 Å². The minimum absolute atomic E-state index is 0.0350. The summed E-state index contributed by atoms with van der Waals surface area (Å²) in [6.45, 7) is 3.44. The van der Waals surface area contributed by atoms with Crippen molar-refractivity contribution in [2.45, 2.75) is 13.8 Å². The average Bonchev–Trinajstić information content (AvgIpc) is 2.61. The lowest BCUT2D eigenvalue weighted by atomic mass is 10.2. The first-order valence-electron chi connectivity index (χ1n) is 4.76. The van der Waals surface area contributed by atoms with Crippen molar-refractivity contribution in [1.29, 1.82) is 0 Å². The number of hydrogen-bond acceptors (Lipinski definition) is 3. The largest absolute Gasteiger partial charge is 0.294 e. The molecule has 0 saturated heterocycles. The predicted molar refractivity (Wildman–Crippen MR) is 68.8 cm³/mol. The van der Waals surface area contributed by atoms with Crippen molar-refractivity contribution in [3.05, 3.63) is 39.5 Å². The molecule has 0 aliphatic carbocycles. The highest BCUT2D eigenvalue weighted by Gasteiger charge is 2.12. The molecule has 16 heavy (non-hydrogen) atoms. The van der Waals surface area contributed by atoms with E-state index in [4.69, 9.17) is 0 Å². The molecule has 0 N–H and O–H groups in total. The SMILES string of the molecule is CC(=O)c1cnn(-c2ccncc2I)c1C. The summed E-state index contributed by atoms with van der Waals surface area (Å²) in [6, 6.07) is 1.88. The van der Waals surface area contributed by atoms with Crippen LogP contribution in [0.4, 0.5) is 0 Å². The minimum Gasteiger partial charge on any atom is -0.294 e. The molecule has 0 aromatic carbocycles. The third-order valence-electron chi connectivity index (χ3n) is 2.37. The quantitative estimate of drug-likeness (QED) is 0.629. The number of hydrogen-bond donors (Lipinski definition) is 0. The Labute approximate surface area is 107 Å². The fourth-order valence-electron chi connectivity index (χ4n) is 1.54. The fraction of sp³-hybridized carbons (Fsp3) is 0.182. The first-order chi connectivity index (χ1) is 7.61. The molecular formula is C11H10IN3O. The van der Waals surface area contributed by atoms with E-state index >= 15 is 0 Å². The number of carbonyl (C=O) groups is 1. The Kier molecular flexibility index (Phi) is 3.04. The van der Waals surface area contributed by atoms with E-state index in [9.17, 15) is 4.79 Å². The first-order valence-corrected chi connectivity index (χ1v) is 5.84. The molecule has 2 aromatic heterocycles. The number of halogens is 1. The van der Waals surface area contributed by atoms with Crippen LogP contribution in [0.5, 0.6) is 0 Å². The van der Waals surface area contributed by atoms with Gasteiger partial charge in [-0.25, -0.2) is 4.68 Å². The van der Waals surface area contributed by atoms with Crippen LogP contribution < -0.4 is 0 Å². The van der Waals surface area contributed by atoms with Crippen molar-refractivity contribution in [3.63, 3.8) is 0 Å². The molecule has 0 aliphatic rings. The zero-order valence-corrected chi connectivity index (χ0v) is 11.1. The smallest absolute Gasteiger partial charge is 0.163 e. The first kappa shape index (κ1) is 11.3. The summed E-state index contributed by atoms with van der Waals surface area (Å²) in [5.41, 5.74) is 2.46. The van der Waals surface area contributed by atoms with Gasteiger partial charge < -0.3 is 0 Å². The van der Waals surface area contributed by atoms with Crippen LogP contribution in [0.25, 0.3) is 5.69 Å². The summed E-state index contributed by atoms with van der Waals surface area (Å²) in [4.78, 5) is 15.4. The van der Waals surface area contributed by atoms with Crippen LogP contribution >= 0.6 is 22.6 Å².